The Morgan fingerprint density at radius 1 is 1.25 bits per heavy atom. The van der Waals surface area contributed by atoms with Crippen LogP contribution in [0.25, 0.3) is 0 Å². The van der Waals surface area contributed by atoms with E-state index in [9.17, 15) is 4.79 Å². The molecule has 1 fully saturated rings. The Morgan fingerprint density at radius 2 is 2.05 bits per heavy atom. The highest BCUT2D eigenvalue weighted by molar-refractivity contribution is 5.93. The number of nitrogens with two attached hydrogens (primary N) is 1. The van der Waals surface area contributed by atoms with E-state index in [-0.39, 0.29) is 11.8 Å². The first-order valence-corrected chi connectivity index (χ1v) is 7.18. The van der Waals surface area contributed by atoms with Gasteiger partial charge in [-0.2, -0.15) is 0 Å². The Bertz CT molecular complexity index is 510. The number of hydrogen-bond donors (Lipinski definition) is 2. The predicted octanol–water partition coefficient (Wildman–Crippen LogP) is 2.17. The molecule has 106 valence electrons. The van der Waals surface area contributed by atoms with Crippen molar-refractivity contribution < 1.29 is 9.53 Å². The van der Waals surface area contributed by atoms with Crippen molar-refractivity contribution >= 4 is 11.6 Å². The summed E-state index contributed by atoms with van der Waals surface area (Å²) >= 11 is 0. The smallest absolute Gasteiger partial charge is 0.228 e. The summed E-state index contributed by atoms with van der Waals surface area (Å²) in [7, 11) is 0. The van der Waals surface area contributed by atoms with Crippen LogP contribution in [0, 0.1) is 17.8 Å². The normalized spacial score (nSPS) is 26.8. The summed E-state index contributed by atoms with van der Waals surface area (Å²) in [6, 6.07) is 7.44. The summed E-state index contributed by atoms with van der Waals surface area (Å²) in [4.78, 5) is 12.3. The largest absolute Gasteiger partial charge is 0.492 e. The maximum atomic E-state index is 12.3. The molecule has 2 aliphatic rings. The predicted molar refractivity (Wildman–Crippen MR) is 78.5 cm³/mol. The van der Waals surface area contributed by atoms with E-state index in [4.69, 9.17) is 10.5 Å². The molecule has 0 aliphatic heterocycles. The second-order valence-electron chi connectivity index (χ2n) is 5.54. The molecule has 1 aromatic carbocycles. The minimum Gasteiger partial charge on any atom is -0.492 e. The van der Waals surface area contributed by atoms with Gasteiger partial charge in [-0.05, 0) is 48.9 Å². The monoisotopic (exact) mass is 272 g/mol. The first-order chi connectivity index (χ1) is 9.76. The van der Waals surface area contributed by atoms with E-state index in [2.05, 4.69) is 17.5 Å². The molecule has 2 aliphatic carbocycles. The lowest BCUT2D eigenvalue weighted by molar-refractivity contribution is -0.120. The van der Waals surface area contributed by atoms with Crippen molar-refractivity contribution in [3.8, 4) is 5.75 Å². The highest BCUT2D eigenvalue weighted by Crippen LogP contribution is 2.43. The Morgan fingerprint density at radius 3 is 2.65 bits per heavy atom. The summed E-state index contributed by atoms with van der Waals surface area (Å²) < 4.78 is 5.41. The molecule has 1 aromatic rings. The Balaban J connectivity index is 1.57. The minimum atomic E-state index is 0.137. The second kappa shape index (κ2) is 5.67. The Hall–Kier alpha value is -1.81. The summed E-state index contributed by atoms with van der Waals surface area (Å²) in [5.41, 5.74) is 6.21. The molecule has 0 radical (unpaired) electrons. The van der Waals surface area contributed by atoms with Gasteiger partial charge in [-0.15, -0.1) is 0 Å². The molecule has 0 saturated heterocycles. The molecule has 4 nitrogen and oxygen atoms in total. The lowest BCUT2D eigenvalue weighted by atomic mass is 9.93. The standard InChI is InChI=1S/C16H20N2O2/c17-7-8-20-14-5-3-13(4-6-14)18-16(19)15-10-11-1-2-12(15)9-11/h1-6,11-12,15H,7-10,17H2,(H,18,19). The van der Waals surface area contributed by atoms with Crippen LogP contribution in [0.15, 0.2) is 36.4 Å². The van der Waals surface area contributed by atoms with Crippen LogP contribution in [0.4, 0.5) is 5.69 Å². The first kappa shape index (κ1) is 13.2. The van der Waals surface area contributed by atoms with E-state index in [1.54, 1.807) is 0 Å². The van der Waals surface area contributed by atoms with Crippen LogP contribution in [-0.2, 0) is 4.79 Å². The molecule has 3 N–H and O–H groups in total. The van der Waals surface area contributed by atoms with Gasteiger partial charge in [-0.1, -0.05) is 12.2 Å². The SMILES string of the molecule is NCCOc1ccc(NC(=O)C2CC3C=CC2C3)cc1. The van der Waals surface area contributed by atoms with Crippen molar-refractivity contribution in [3.63, 3.8) is 0 Å². The zero-order chi connectivity index (χ0) is 13.9. The molecular weight excluding hydrogens is 252 g/mol. The van der Waals surface area contributed by atoms with Gasteiger partial charge in [-0.25, -0.2) is 0 Å². The zero-order valence-electron chi connectivity index (χ0n) is 11.4. The number of anilines is 1. The molecule has 4 heteroatoms. The van der Waals surface area contributed by atoms with E-state index in [0.717, 1.165) is 24.3 Å². The van der Waals surface area contributed by atoms with Crippen molar-refractivity contribution in [3.05, 3.63) is 36.4 Å². The summed E-state index contributed by atoms with van der Waals surface area (Å²) in [6.45, 7) is 0.999. The third kappa shape index (κ3) is 2.70. The molecule has 2 bridgehead atoms. The van der Waals surface area contributed by atoms with Gasteiger partial charge < -0.3 is 15.8 Å². The quantitative estimate of drug-likeness (QED) is 0.807. The fraction of sp³-hybridized carbons (Fsp3) is 0.438. The number of fused-ring (bicyclic) bond motifs is 2. The van der Waals surface area contributed by atoms with Crippen molar-refractivity contribution in [2.75, 3.05) is 18.5 Å². The maximum Gasteiger partial charge on any atom is 0.228 e. The topological polar surface area (TPSA) is 64.3 Å². The Labute approximate surface area is 119 Å². The van der Waals surface area contributed by atoms with Crippen LogP contribution in [0.5, 0.6) is 5.75 Å². The molecule has 0 heterocycles. The second-order valence-corrected chi connectivity index (χ2v) is 5.54. The first-order valence-electron chi connectivity index (χ1n) is 7.18. The van der Waals surface area contributed by atoms with Gasteiger partial charge in [0.05, 0.1) is 0 Å². The minimum absolute atomic E-state index is 0.137. The van der Waals surface area contributed by atoms with Crippen LogP contribution < -0.4 is 15.8 Å². The van der Waals surface area contributed by atoms with Crippen LogP contribution in [0.3, 0.4) is 0 Å². The lowest BCUT2D eigenvalue weighted by Crippen LogP contribution is -2.25. The fourth-order valence-electron chi connectivity index (χ4n) is 3.13. The molecule has 3 rings (SSSR count). The number of allylic oxidation sites excluding steroid dienone is 2. The van der Waals surface area contributed by atoms with Gasteiger partial charge in [0, 0.05) is 18.2 Å². The number of benzene rings is 1. The van der Waals surface area contributed by atoms with E-state index < -0.39 is 0 Å². The van der Waals surface area contributed by atoms with Crippen molar-refractivity contribution in [2.45, 2.75) is 12.8 Å². The average molecular weight is 272 g/mol. The fourth-order valence-corrected chi connectivity index (χ4v) is 3.13. The average Bonchev–Trinajstić information content (AvgIpc) is 3.09. The molecule has 0 spiro atoms. The Kier molecular flexibility index (Phi) is 3.74. The van der Waals surface area contributed by atoms with Crippen molar-refractivity contribution in [2.24, 2.45) is 23.5 Å². The summed E-state index contributed by atoms with van der Waals surface area (Å²) in [6.07, 6.45) is 6.58. The van der Waals surface area contributed by atoms with Crippen LogP contribution in [-0.4, -0.2) is 19.1 Å². The molecule has 0 aromatic heterocycles. The third-order valence-corrected chi connectivity index (χ3v) is 4.12. The number of carbonyl (C=O) groups is 1. The number of ether oxygens (including phenoxy) is 1. The maximum absolute atomic E-state index is 12.3. The third-order valence-electron chi connectivity index (χ3n) is 4.12. The zero-order valence-corrected chi connectivity index (χ0v) is 11.4. The van der Waals surface area contributed by atoms with Crippen molar-refractivity contribution in [1.29, 1.82) is 0 Å². The number of carbonyl (C=O) groups excluding carboxylic acids is 1. The number of nitrogens with one attached hydrogen (secondary N) is 1. The number of rotatable bonds is 5. The summed E-state index contributed by atoms with van der Waals surface area (Å²) in [5, 5.41) is 3.00. The highest BCUT2D eigenvalue weighted by Gasteiger charge is 2.39. The van der Waals surface area contributed by atoms with E-state index in [1.807, 2.05) is 24.3 Å². The van der Waals surface area contributed by atoms with Gasteiger partial charge in [-0.3, -0.25) is 4.79 Å². The van der Waals surface area contributed by atoms with Gasteiger partial charge in [0.25, 0.3) is 0 Å². The molecule has 3 atom stereocenters. The van der Waals surface area contributed by atoms with Gasteiger partial charge in [0.15, 0.2) is 0 Å². The molecule has 1 amide bonds. The molecular formula is C16H20N2O2. The summed E-state index contributed by atoms with van der Waals surface area (Å²) in [5.74, 6) is 2.10. The molecule has 3 unspecified atom stereocenters. The van der Waals surface area contributed by atoms with E-state index in [1.165, 1.54) is 0 Å². The lowest BCUT2D eigenvalue weighted by Gasteiger charge is -2.17. The van der Waals surface area contributed by atoms with Gasteiger partial charge in [0.2, 0.25) is 5.91 Å². The van der Waals surface area contributed by atoms with Crippen molar-refractivity contribution in [1.82, 2.24) is 0 Å². The van der Waals surface area contributed by atoms with Crippen LogP contribution in [0.2, 0.25) is 0 Å². The van der Waals surface area contributed by atoms with Gasteiger partial charge >= 0.3 is 0 Å². The number of hydrogen-bond acceptors (Lipinski definition) is 3. The van der Waals surface area contributed by atoms with Crippen LogP contribution in [0.1, 0.15) is 12.8 Å². The van der Waals surface area contributed by atoms with Crippen LogP contribution >= 0.6 is 0 Å². The van der Waals surface area contributed by atoms with E-state index in [0.29, 0.717) is 25.0 Å². The number of amides is 1. The molecule has 1 saturated carbocycles. The van der Waals surface area contributed by atoms with Gasteiger partial charge in [0.1, 0.15) is 12.4 Å². The highest BCUT2D eigenvalue weighted by atomic mass is 16.5. The molecule has 20 heavy (non-hydrogen) atoms. The van der Waals surface area contributed by atoms with E-state index >= 15 is 0 Å².